The number of nitrogens with zero attached hydrogens (tertiary/aromatic N) is 2. The van der Waals surface area contributed by atoms with E-state index in [0.29, 0.717) is 22.7 Å². The average molecular weight is 333 g/mol. The number of carbonyl (C=O) groups excluding carboxylic acids is 2. The van der Waals surface area contributed by atoms with Crippen LogP contribution in [0.5, 0.6) is 5.75 Å². The van der Waals surface area contributed by atoms with E-state index in [9.17, 15) is 9.59 Å². The average Bonchev–Trinajstić information content (AvgIpc) is 2.65. The van der Waals surface area contributed by atoms with Gasteiger partial charge < -0.3 is 15.0 Å². The monoisotopic (exact) mass is 333 g/mol. The zero-order valence-corrected chi connectivity index (χ0v) is 13.5. The van der Waals surface area contributed by atoms with E-state index in [2.05, 4.69) is 10.3 Å². The van der Waals surface area contributed by atoms with Crippen molar-refractivity contribution in [2.45, 2.75) is 0 Å². The SMILES string of the molecule is CN1C(=O)COc2ccc(C(=O)Nc3cccc4cccnc34)cc21. The number of hydrogen-bond acceptors (Lipinski definition) is 4. The summed E-state index contributed by atoms with van der Waals surface area (Å²) < 4.78 is 5.38. The second kappa shape index (κ2) is 5.90. The first-order valence-electron chi connectivity index (χ1n) is 7.82. The van der Waals surface area contributed by atoms with E-state index in [1.54, 1.807) is 31.4 Å². The molecule has 1 aromatic heterocycles. The van der Waals surface area contributed by atoms with Crippen LogP contribution in [0.2, 0.25) is 0 Å². The van der Waals surface area contributed by atoms with Gasteiger partial charge in [-0.3, -0.25) is 14.6 Å². The molecule has 25 heavy (non-hydrogen) atoms. The Morgan fingerprint density at radius 1 is 1.20 bits per heavy atom. The molecule has 0 fully saturated rings. The molecule has 2 aromatic carbocycles. The molecule has 1 aliphatic rings. The third-order valence-corrected chi connectivity index (χ3v) is 4.19. The summed E-state index contributed by atoms with van der Waals surface area (Å²) >= 11 is 0. The number of anilines is 2. The summed E-state index contributed by atoms with van der Waals surface area (Å²) in [5.41, 5.74) is 2.39. The molecular weight excluding hydrogens is 318 g/mol. The van der Waals surface area contributed by atoms with Gasteiger partial charge in [0.1, 0.15) is 5.75 Å². The van der Waals surface area contributed by atoms with Gasteiger partial charge in [0.15, 0.2) is 6.61 Å². The summed E-state index contributed by atoms with van der Waals surface area (Å²) in [6.45, 7) is 0.0106. The molecule has 0 aliphatic carbocycles. The zero-order chi connectivity index (χ0) is 17.4. The number of benzene rings is 2. The van der Waals surface area contributed by atoms with Gasteiger partial charge in [0.2, 0.25) is 0 Å². The van der Waals surface area contributed by atoms with Crippen LogP contribution in [-0.2, 0) is 4.79 Å². The van der Waals surface area contributed by atoms with E-state index < -0.39 is 0 Å². The van der Waals surface area contributed by atoms with Crippen molar-refractivity contribution in [3.63, 3.8) is 0 Å². The van der Waals surface area contributed by atoms with Crippen molar-refractivity contribution >= 4 is 34.1 Å². The molecule has 6 heteroatoms. The highest BCUT2D eigenvalue weighted by molar-refractivity contribution is 6.09. The van der Waals surface area contributed by atoms with Crippen molar-refractivity contribution in [2.24, 2.45) is 0 Å². The summed E-state index contributed by atoms with van der Waals surface area (Å²) in [5, 5.41) is 3.84. The maximum absolute atomic E-state index is 12.6. The van der Waals surface area contributed by atoms with Crippen molar-refractivity contribution in [3.05, 3.63) is 60.3 Å². The number of carbonyl (C=O) groups is 2. The third-order valence-electron chi connectivity index (χ3n) is 4.19. The maximum atomic E-state index is 12.6. The van der Waals surface area contributed by atoms with Gasteiger partial charge in [-0.15, -0.1) is 0 Å². The summed E-state index contributed by atoms with van der Waals surface area (Å²) in [6, 6.07) is 14.4. The Balaban J connectivity index is 1.66. The number of para-hydroxylation sites is 1. The number of rotatable bonds is 2. The summed E-state index contributed by atoms with van der Waals surface area (Å²) in [5.74, 6) is 0.168. The minimum Gasteiger partial charge on any atom is -0.482 e. The van der Waals surface area contributed by atoms with Gasteiger partial charge >= 0.3 is 0 Å². The molecule has 0 bridgehead atoms. The number of nitrogens with one attached hydrogen (secondary N) is 1. The van der Waals surface area contributed by atoms with Crippen LogP contribution in [-0.4, -0.2) is 30.5 Å². The standard InChI is InChI=1S/C19H15N3O3/c1-22-15-10-13(7-8-16(15)25-11-17(22)23)19(24)21-14-6-2-4-12-5-3-9-20-18(12)14/h2-10H,11H2,1H3,(H,21,24). The Morgan fingerprint density at radius 2 is 2.04 bits per heavy atom. The van der Waals surface area contributed by atoms with Crippen LogP contribution in [0.1, 0.15) is 10.4 Å². The van der Waals surface area contributed by atoms with Crippen LogP contribution in [0, 0.1) is 0 Å². The first kappa shape index (κ1) is 15.1. The molecule has 3 aromatic rings. The normalized spacial score (nSPS) is 13.3. The molecule has 0 spiro atoms. The number of likely N-dealkylation sites (N-methyl/N-ethyl adjacent to an activating group) is 1. The fourth-order valence-electron chi connectivity index (χ4n) is 2.81. The molecule has 0 unspecified atom stereocenters. The topological polar surface area (TPSA) is 71.5 Å². The quantitative estimate of drug-likeness (QED) is 0.783. The molecular formula is C19H15N3O3. The lowest BCUT2D eigenvalue weighted by Gasteiger charge is -2.26. The maximum Gasteiger partial charge on any atom is 0.264 e. The van der Waals surface area contributed by atoms with Crippen molar-refractivity contribution in [2.75, 3.05) is 23.9 Å². The van der Waals surface area contributed by atoms with Crippen LogP contribution in [0.15, 0.2) is 54.7 Å². The van der Waals surface area contributed by atoms with Crippen molar-refractivity contribution in [1.29, 1.82) is 0 Å². The molecule has 2 heterocycles. The zero-order valence-electron chi connectivity index (χ0n) is 13.5. The highest BCUT2D eigenvalue weighted by Gasteiger charge is 2.23. The van der Waals surface area contributed by atoms with Crippen LogP contribution in [0.25, 0.3) is 10.9 Å². The fourth-order valence-corrected chi connectivity index (χ4v) is 2.81. The van der Waals surface area contributed by atoms with E-state index in [4.69, 9.17) is 4.74 Å². The van der Waals surface area contributed by atoms with E-state index in [0.717, 1.165) is 10.9 Å². The summed E-state index contributed by atoms with van der Waals surface area (Å²) in [4.78, 5) is 30.2. The number of aromatic nitrogens is 1. The first-order valence-corrected chi connectivity index (χ1v) is 7.82. The molecule has 2 amide bonds. The van der Waals surface area contributed by atoms with Crippen LogP contribution in [0.3, 0.4) is 0 Å². The molecule has 6 nitrogen and oxygen atoms in total. The van der Waals surface area contributed by atoms with E-state index in [1.807, 2.05) is 30.3 Å². The predicted octanol–water partition coefficient (Wildman–Crippen LogP) is 2.84. The molecule has 1 aliphatic heterocycles. The van der Waals surface area contributed by atoms with Gasteiger partial charge in [-0.25, -0.2) is 0 Å². The van der Waals surface area contributed by atoms with Gasteiger partial charge in [0.05, 0.1) is 16.9 Å². The number of pyridine rings is 1. The van der Waals surface area contributed by atoms with Gasteiger partial charge in [0.25, 0.3) is 11.8 Å². The van der Waals surface area contributed by atoms with Crippen molar-refractivity contribution < 1.29 is 14.3 Å². The first-order chi connectivity index (χ1) is 12.1. The molecule has 0 saturated carbocycles. The number of amides is 2. The molecule has 124 valence electrons. The van der Waals surface area contributed by atoms with Crippen LogP contribution >= 0.6 is 0 Å². The smallest absolute Gasteiger partial charge is 0.264 e. The van der Waals surface area contributed by atoms with E-state index >= 15 is 0 Å². The molecule has 4 rings (SSSR count). The Hall–Kier alpha value is -3.41. The van der Waals surface area contributed by atoms with Crippen molar-refractivity contribution in [3.8, 4) is 5.75 Å². The van der Waals surface area contributed by atoms with Gasteiger partial charge in [-0.2, -0.15) is 0 Å². The van der Waals surface area contributed by atoms with Gasteiger partial charge in [-0.1, -0.05) is 18.2 Å². The summed E-state index contributed by atoms with van der Waals surface area (Å²) in [6.07, 6.45) is 1.69. The molecule has 0 saturated heterocycles. The largest absolute Gasteiger partial charge is 0.482 e. The van der Waals surface area contributed by atoms with Crippen LogP contribution < -0.4 is 15.0 Å². The minimum atomic E-state index is -0.271. The second-order valence-corrected chi connectivity index (χ2v) is 5.76. The number of hydrogen-bond donors (Lipinski definition) is 1. The highest BCUT2D eigenvalue weighted by atomic mass is 16.5. The van der Waals surface area contributed by atoms with E-state index in [1.165, 1.54) is 4.90 Å². The number of ether oxygens (including phenoxy) is 1. The van der Waals surface area contributed by atoms with E-state index in [-0.39, 0.29) is 18.4 Å². The Bertz CT molecular complexity index is 995. The lowest BCUT2D eigenvalue weighted by molar-refractivity contribution is -0.120. The Labute approximate surface area is 144 Å². The highest BCUT2D eigenvalue weighted by Crippen LogP contribution is 2.32. The Morgan fingerprint density at radius 3 is 2.92 bits per heavy atom. The van der Waals surface area contributed by atoms with Gasteiger partial charge in [-0.05, 0) is 30.3 Å². The molecule has 1 N–H and O–H groups in total. The minimum absolute atomic E-state index is 0.0106. The third kappa shape index (κ3) is 2.67. The predicted molar refractivity (Wildman–Crippen MR) is 95.0 cm³/mol. The molecule has 0 atom stereocenters. The second-order valence-electron chi connectivity index (χ2n) is 5.76. The molecule has 0 radical (unpaired) electrons. The summed E-state index contributed by atoms with van der Waals surface area (Å²) in [7, 11) is 1.67. The fraction of sp³-hybridized carbons (Fsp3) is 0.105. The van der Waals surface area contributed by atoms with Crippen LogP contribution in [0.4, 0.5) is 11.4 Å². The number of fused-ring (bicyclic) bond motifs is 2. The lowest BCUT2D eigenvalue weighted by atomic mass is 10.1. The lowest BCUT2D eigenvalue weighted by Crippen LogP contribution is -2.35. The Kier molecular flexibility index (Phi) is 3.57. The van der Waals surface area contributed by atoms with Crippen molar-refractivity contribution in [1.82, 2.24) is 4.98 Å². The van der Waals surface area contributed by atoms with Gasteiger partial charge in [0, 0.05) is 24.2 Å².